The van der Waals surface area contributed by atoms with Gasteiger partial charge >= 0.3 is 5.97 Å². The lowest BCUT2D eigenvalue weighted by atomic mass is 10.0. The van der Waals surface area contributed by atoms with E-state index in [4.69, 9.17) is 18.6 Å². The first-order chi connectivity index (χ1) is 15.5. The summed E-state index contributed by atoms with van der Waals surface area (Å²) in [6.07, 6.45) is 0. The van der Waals surface area contributed by atoms with Gasteiger partial charge in [0.15, 0.2) is 18.1 Å². The van der Waals surface area contributed by atoms with Crippen molar-refractivity contribution in [2.45, 2.75) is 13.8 Å². The van der Waals surface area contributed by atoms with Crippen molar-refractivity contribution in [2.24, 2.45) is 0 Å². The fourth-order valence-corrected chi connectivity index (χ4v) is 3.48. The van der Waals surface area contributed by atoms with E-state index in [0.29, 0.717) is 33.8 Å². The van der Waals surface area contributed by atoms with Crippen molar-refractivity contribution < 1.29 is 23.4 Å². The summed E-state index contributed by atoms with van der Waals surface area (Å²) in [5, 5.41) is 0.412. The summed E-state index contributed by atoms with van der Waals surface area (Å²) in [5.74, 6) is 1.15. The second-order valence-electron chi connectivity index (χ2n) is 7.30. The number of hydrogen-bond acceptors (Lipinski definition) is 6. The maximum atomic E-state index is 13.0. The molecular weight excluding hydrogens is 408 g/mol. The molecule has 0 amide bonds. The normalized spacial score (nSPS) is 10.7. The second-order valence-corrected chi connectivity index (χ2v) is 7.30. The van der Waals surface area contributed by atoms with Gasteiger partial charge in [-0.2, -0.15) is 0 Å². The Morgan fingerprint density at radius 2 is 1.72 bits per heavy atom. The standard InChI is InChI=1S/C26H22O6/c1-16-9-12-21(23(13-16)29-3)30-15-24(27)32-19-10-11-20-22(14-19)31-17(2)25(26(20)28)18-7-5-4-6-8-18/h4-14H,15H2,1-3H3. The van der Waals surface area contributed by atoms with Gasteiger partial charge in [-0.15, -0.1) is 0 Å². The number of aryl methyl sites for hydroxylation is 2. The van der Waals surface area contributed by atoms with Gasteiger partial charge in [-0.25, -0.2) is 4.79 Å². The van der Waals surface area contributed by atoms with Crippen LogP contribution in [0.2, 0.25) is 0 Å². The maximum absolute atomic E-state index is 13.0. The summed E-state index contributed by atoms with van der Waals surface area (Å²) >= 11 is 0. The van der Waals surface area contributed by atoms with Crippen LogP contribution in [0.15, 0.2) is 75.9 Å². The van der Waals surface area contributed by atoms with E-state index >= 15 is 0 Å². The molecular formula is C26H22O6. The molecule has 0 fully saturated rings. The fraction of sp³-hybridized carbons (Fsp3) is 0.154. The van der Waals surface area contributed by atoms with E-state index < -0.39 is 5.97 Å². The lowest BCUT2D eigenvalue weighted by Crippen LogP contribution is -2.18. The second kappa shape index (κ2) is 8.98. The molecule has 0 bridgehead atoms. The molecule has 6 heteroatoms. The highest BCUT2D eigenvalue weighted by Gasteiger charge is 2.15. The summed E-state index contributed by atoms with van der Waals surface area (Å²) < 4.78 is 22.1. The Labute approximate surface area is 185 Å². The summed E-state index contributed by atoms with van der Waals surface area (Å²) in [7, 11) is 1.54. The molecule has 0 spiro atoms. The summed E-state index contributed by atoms with van der Waals surface area (Å²) in [6.45, 7) is 3.38. The van der Waals surface area contributed by atoms with Gasteiger partial charge in [0, 0.05) is 6.07 Å². The Hall–Kier alpha value is -4.06. The molecule has 4 rings (SSSR count). The van der Waals surface area contributed by atoms with Gasteiger partial charge in [0.25, 0.3) is 0 Å². The molecule has 0 aliphatic heterocycles. The number of methoxy groups -OCH3 is 1. The largest absolute Gasteiger partial charge is 0.493 e. The molecule has 162 valence electrons. The van der Waals surface area contributed by atoms with Crippen LogP contribution in [0.4, 0.5) is 0 Å². The zero-order chi connectivity index (χ0) is 22.7. The predicted octanol–water partition coefficient (Wildman–Crippen LogP) is 5.07. The molecule has 6 nitrogen and oxygen atoms in total. The van der Waals surface area contributed by atoms with Crippen molar-refractivity contribution in [1.29, 1.82) is 0 Å². The van der Waals surface area contributed by atoms with E-state index in [1.807, 2.05) is 49.4 Å². The Morgan fingerprint density at radius 1 is 0.938 bits per heavy atom. The van der Waals surface area contributed by atoms with Crippen LogP contribution in [0.5, 0.6) is 17.2 Å². The highest BCUT2D eigenvalue weighted by molar-refractivity contribution is 5.84. The van der Waals surface area contributed by atoms with E-state index in [2.05, 4.69) is 0 Å². The number of fused-ring (bicyclic) bond motifs is 1. The topological polar surface area (TPSA) is 75.0 Å². The first-order valence-corrected chi connectivity index (χ1v) is 10.1. The smallest absolute Gasteiger partial charge is 0.349 e. The zero-order valence-corrected chi connectivity index (χ0v) is 18.0. The fourth-order valence-electron chi connectivity index (χ4n) is 3.48. The number of ether oxygens (including phenoxy) is 3. The van der Waals surface area contributed by atoms with Crippen LogP contribution < -0.4 is 19.6 Å². The van der Waals surface area contributed by atoms with Gasteiger partial charge in [0.1, 0.15) is 17.1 Å². The zero-order valence-electron chi connectivity index (χ0n) is 18.0. The van der Waals surface area contributed by atoms with Gasteiger partial charge < -0.3 is 18.6 Å². The van der Waals surface area contributed by atoms with Gasteiger partial charge in [-0.1, -0.05) is 36.4 Å². The summed E-state index contributed by atoms with van der Waals surface area (Å²) in [5.41, 5.74) is 2.53. The SMILES string of the molecule is COc1cc(C)ccc1OCC(=O)Oc1ccc2c(=O)c(-c3ccccc3)c(C)oc2c1. The van der Waals surface area contributed by atoms with Crippen molar-refractivity contribution in [3.8, 4) is 28.4 Å². The van der Waals surface area contributed by atoms with E-state index in [-0.39, 0.29) is 17.8 Å². The molecule has 0 aliphatic carbocycles. The van der Waals surface area contributed by atoms with Crippen LogP contribution in [0, 0.1) is 13.8 Å². The number of hydrogen-bond donors (Lipinski definition) is 0. The first kappa shape index (κ1) is 21.2. The summed E-state index contributed by atoms with van der Waals surface area (Å²) in [6, 6.07) is 19.5. The van der Waals surface area contributed by atoms with Crippen molar-refractivity contribution in [2.75, 3.05) is 13.7 Å². The molecule has 0 atom stereocenters. The molecule has 3 aromatic carbocycles. The number of rotatable bonds is 6. The third-order valence-corrected chi connectivity index (χ3v) is 5.00. The first-order valence-electron chi connectivity index (χ1n) is 10.1. The van der Waals surface area contributed by atoms with Crippen LogP contribution in [0.1, 0.15) is 11.3 Å². The van der Waals surface area contributed by atoms with E-state index in [1.54, 1.807) is 25.1 Å². The Kier molecular flexibility index (Phi) is 5.94. The third-order valence-electron chi connectivity index (χ3n) is 5.00. The quantitative estimate of drug-likeness (QED) is 0.314. The molecule has 1 heterocycles. The maximum Gasteiger partial charge on any atom is 0.349 e. The minimum absolute atomic E-state index is 0.136. The molecule has 0 saturated carbocycles. The lowest BCUT2D eigenvalue weighted by molar-refractivity contribution is -0.136. The minimum atomic E-state index is -0.591. The van der Waals surface area contributed by atoms with Crippen molar-refractivity contribution in [1.82, 2.24) is 0 Å². The van der Waals surface area contributed by atoms with Crippen LogP contribution >= 0.6 is 0 Å². The number of carbonyl (C=O) groups excluding carboxylic acids is 1. The van der Waals surface area contributed by atoms with Crippen LogP contribution in [0.3, 0.4) is 0 Å². The Bertz CT molecular complexity index is 1340. The van der Waals surface area contributed by atoms with E-state index in [1.165, 1.54) is 13.2 Å². The monoisotopic (exact) mass is 430 g/mol. The molecule has 0 unspecified atom stereocenters. The van der Waals surface area contributed by atoms with Crippen molar-refractivity contribution in [3.05, 3.63) is 88.3 Å². The van der Waals surface area contributed by atoms with Gasteiger partial charge in [-0.05, 0) is 49.2 Å². The molecule has 0 radical (unpaired) electrons. The number of benzene rings is 3. The third kappa shape index (κ3) is 4.34. The van der Waals surface area contributed by atoms with Crippen molar-refractivity contribution in [3.63, 3.8) is 0 Å². The summed E-state index contributed by atoms with van der Waals surface area (Å²) in [4.78, 5) is 25.3. The Morgan fingerprint density at radius 3 is 2.47 bits per heavy atom. The Balaban J connectivity index is 1.53. The lowest BCUT2D eigenvalue weighted by Gasteiger charge is -2.11. The molecule has 32 heavy (non-hydrogen) atoms. The number of carbonyl (C=O) groups is 1. The van der Waals surface area contributed by atoms with Gasteiger partial charge in [-0.3, -0.25) is 4.79 Å². The van der Waals surface area contributed by atoms with Crippen LogP contribution in [-0.2, 0) is 4.79 Å². The van der Waals surface area contributed by atoms with Gasteiger partial charge in [0.2, 0.25) is 5.43 Å². The highest BCUT2D eigenvalue weighted by Crippen LogP contribution is 2.28. The minimum Gasteiger partial charge on any atom is -0.493 e. The highest BCUT2D eigenvalue weighted by atomic mass is 16.6. The van der Waals surface area contributed by atoms with Gasteiger partial charge in [0.05, 0.1) is 18.1 Å². The van der Waals surface area contributed by atoms with Crippen LogP contribution in [0.25, 0.3) is 22.1 Å². The molecule has 0 aliphatic rings. The molecule has 4 aromatic rings. The van der Waals surface area contributed by atoms with Crippen molar-refractivity contribution >= 4 is 16.9 Å². The molecule has 0 N–H and O–H groups in total. The average Bonchev–Trinajstić information content (AvgIpc) is 2.78. The van der Waals surface area contributed by atoms with E-state index in [9.17, 15) is 9.59 Å². The number of esters is 1. The molecule has 0 saturated heterocycles. The van der Waals surface area contributed by atoms with Crippen LogP contribution in [-0.4, -0.2) is 19.7 Å². The van der Waals surface area contributed by atoms with E-state index in [0.717, 1.165) is 11.1 Å². The molecule has 1 aromatic heterocycles. The predicted molar refractivity (Wildman–Crippen MR) is 122 cm³/mol. The average molecular weight is 430 g/mol.